The summed E-state index contributed by atoms with van der Waals surface area (Å²) < 4.78 is 19.3. The van der Waals surface area contributed by atoms with Crippen LogP contribution in [0.1, 0.15) is 22.5 Å². The van der Waals surface area contributed by atoms with Gasteiger partial charge in [-0.1, -0.05) is 65.8 Å². The fraction of sp³-hybridized carbons (Fsp3) is 0.195. The monoisotopic (exact) mass is 725 g/mol. The molecule has 2 N–H and O–H groups in total. The molecule has 13 heteroatoms. The number of hydrogen-bond acceptors (Lipinski definition) is 8. The molecule has 2 atom stereocenters. The number of nitrogens with one attached hydrogen (secondary N) is 1. The Kier molecular flexibility index (Phi) is 9.45. The number of hydrazine groups is 1. The van der Waals surface area contributed by atoms with E-state index in [1.54, 1.807) is 58.6 Å². The maximum atomic E-state index is 14.5. The minimum absolute atomic E-state index is 0.00853. The average molecular weight is 726 g/mol. The lowest BCUT2D eigenvalue weighted by Crippen LogP contribution is -2.76. The van der Waals surface area contributed by atoms with Gasteiger partial charge in [-0.3, -0.25) is 14.6 Å². The van der Waals surface area contributed by atoms with Crippen LogP contribution in [0, 0.1) is 5.82 Å². The number of urea groups is 1. The molecular weight excluding hydrogens is 689 g/mol. The van der Waals surface area contributed by atoms with E-state index in [-0.39, 0.29) is 62.5 Å². The lowest BCUT2D eigenvalue weighted by atomic mass is 9.98. The summed E-state index contributed by atoms with van der Waals surface area (Å²) in [7, 11) is 0. The van der Waals surface area contributed by atoms with E-state index in [4.69, 9.17) is 4.52 Å². The van der Waals surface area contributed by atoms with Crippen molar-refractivity contribution in [2.75, 3.05) is 13.1 Å². The first-order chi connectivity index (χ1) is 26.3. The van der Waals surface area contributed by atoms with Gasteiger partial charge in [0.25, 0.3) is 0 Å². The summed E-state index contributed by atoms with van der Waals surface area (Å²) in [4.78, 5) is 51.0. The summed E-state index contributed by atoms with van der Waals surface area (Å²) in [5.74, 6) is -0.512. The SMILES string of the molecule is O=C1C(Cc2ccc(O)cc2)N2C(=O)CN(Cc3cc(-c4ccc(F)cc4)no3)N(C(=O)NCc3ccccc3)C2CN1Cc1cccc2ncccc12. The second-order valence-corrected chi connectivity index (χ2v) is 13.4. The molecule has 4 aromatic carbocycles. The zero-order chi connectivity index (χ0) is 37.2. The molecular formula is C41H36FN7O5. The zero-order valence-electron chi connectivity index (χ0n) is 29.1. The van der Waals surface area contributed by atoms with Gasteiger partial charge in [0.2, 0.25) is 11.8 Å². The molecule has 0 bridgehead atoms. The number of benzene rings is 4. The molecule has 2 aromatic heterocycles. The summed E-state index contributed by atoms with van der Waals surface area (Å²) in [6.45, 7) is 0.254. The van der Waals surface area contributed by atoms with Gasteiger partial charge in [-0.05, 0) is 65.2 Å². The molecule has 0 radical (unpaired) electrons. The number of phenols is 1. The summed E-state index contributed by atoms with van der Waals surface area (Å²) in [5.41, 5.74) is 4.41. The van der Waals surface area contributed by atoms with Crippen molar-refractivity contribution < 1.29 is 28.4 Å². The van der Waals surface area contributed by atoms with E-state index in [0.717, 1.165) is 27.6 Å². The summed E-state index contributed by atoms with van der Waals surface area (Å²) in [6, 6.07) is 31.7. The van der Waals surface area contributed by atoms with Crippen LogP contribution in [-0.4, -0.2) is 78.2 Å². The highest BCUT2D eigenvalue weighted by molar-refractivity contribution is 5.92. The average Bonchev–Trinajstić information content (AvgIpc) is 3.65. The number of carbonyl (C=O) groups excluding carboxylic acids is 3. The standard InChI is InChI=1S/C41H36FN7O5/c42-31-15-13-29(14-16-31)36-21-33(54-45-36)24-47-26-39(51)48-37(20-27-11-17-32(50)18-12-27)40(52)46(23-30-8-4-10-35-34(30)9-5-19-43-35)25-38(48)49(47)41(53)44-22-28-6-2-1-3-7-28/h1-19,21,37-38,50H,20,22-26H2,(H,44,53). The number of carbonyl (C=O) groups is 3. The maximum absolute atomic E-state index is 14.5. The van der Waals surface area contributed by atoms with Crippen molar-refractivity contribution in [1.29, 1.82) is 0 Å². The van der Waals surface area contributed by atoms with Crippen molar-refractivity contribution in [3.05, 3.63) is 150 Å². The normalized spacial score (nSPS) is 17.5. The van der Waals surface area contributed by atoms with Gasteiger partial charge in [-0.2, -0.15) is 5.01 Å². The molecule has 0 aliphatic carbocycles. The highest BCUT2D eigenvalue weighted by atomic mass is 19.1. The van der Waals surface area contributed by atoms with Gasteiger partial charge in [0.05, 0.1) is 25.2 Å². The Balaban J connectivity index is 1.16. The third kappa shape index (κ3) is 7.08. The number of rotatable bonds is 9. The van der Waals surface area contributed by atoms with Crippen LogP contribution in [0.4, 0.5) is 9.18 Å². The quantitative estimate of drug-likeness (QED) is 0.200. The predicted molar refractivity (Wildman–Crippen MR) is 196 cm³/mol. The molecule has 2 fully saturated rings. The predicted octanol–water partition coefficient (Wildman–Crippen LogP) is 5.49. The minimum Gasteiger partial charge on any atom is -0.508 e. The molecule has 2 aliphatic heterocycles. The van der Waals surface area contributed by atoms with Crippen LogP contribution < -0.4 is 5.32 Å². The zero-order valence-corrected chi connectivity index (χ0v) is 29.1. The number of nitrogens with zero attached hydrogens (tertiary/aromatic N) is 6. The number of aromatic nitrogens is 2. The Morgan fingerprint density at radius 2 is 1.69 bits per heavy atom. The van der Waals surface area contributed by atoms with Crippen LogP contribution in [0.2, 0.25) is 0 Å². The molecule has 54 heavy (non-hydrogen) atoms. The lowest BCUT2D eigenvalue weighted by Gasteiger charge is -2.55. The highest BCUT2D eigenvalue weighted by Crippen LogP contribution is 2.32. The topological polar surface area (TPSA) is 135 Å². The number of pyridine rings is 1. The fourth-order valence-corrected chi connectivity index (χ4v) is 7.22. The largest absolute Gasteiger partial charge is 0.508 e. The number of phenolic OH excluding ortho intramolecular Hbond substituents is 1. The van der Waals surface area contributed by atoms with Gasteiger partial charge >= 0.3 is 6.03 Å². The fourth-order valence-electron chi connectivity index (χ4n) is 7.22. The molecule has 4 heterocycles. The first-order valence-corrected chi connectivity index (χ1v) is 17.6. The van der Waals surface area contributed by atoms with Crippen molar-refractivity contribution >= 4 is 28.7 Å². The van der Waals surface area contributed by atoms with Gasteiger partial charge in [0.15, 0.2) is 5.76 Å². The van der Waals surface area contributed by atoms with Crippen LogP contribution >= 0.6 is 0 Å². The van der Waals surface area contributed by atoms with Crippen LogP contribution in [0.15, 0.2) is 126 Å². The van der Waals surface area contributed by atoms with Gasteiger partial charge < -0.3 is 24.7 Å². The van der Waals surface area contributed by atoms with E-state index in [0.29, 0.717) is 17.0 Å². The van der Waals surface area contributed by atoms with E-state index < -0.39 is 18.2 Å². The first kappa shape index (κ1) is 34.5. The second-order valence-electron chi connectivity index (χ2n) is 13.4. The minimum atomic E-state index is -0.948. The third-order valence-electron chi connectivity index (χ3n) is 9.82. The van der Waals surface area contributed by atoms with Crippen molar-refractivity contribution in [3.8, 4) is 17.0 Å². The Morgan fingerprint density at radius 3 is 2.48 bits per heavy atom. The summed E-state index contributed by atoms with van der Waals surface area (Å²) in [5, 5.41) is 21.2. The number of aromatic hydroxyl groups is 1. The molecule has 2 saturated heterocycles. The molecule has 6 aromatic rings. The maximum Gasteiger partial charge on any atom is 0.334 e. The molecule has 2 unspecified atom stereocenters. The number of amides is 4. The second kappa shape index (κ2) is 14.8. The van der Waals surface area contributed by atoms with Crippen molar-refractivity contribution in [2.24, 2.45) is 0 Å². The van der Waals surface area contributed by atoms with E-state index in [9.17, 15) is 23.9 Å². The Labute approximate surface area is 310 Å². The molecule has 2 aliphatic rings. The molecule has 272 valence electrons. The number of hydrogen-bond donors (Lipinski definition) is 2. The summed E-state index contributed by atoms with van der Waals surface area (Å²) in [6.07, 6.45) is 0.987. The van der Waals surface area contributed by atoms with E-state index in [1.807, 2.05) is 60.7 Å². The van der Waals surface area contributed by atoms with Gasteiger partial charge in [-0.15, -0.1) is 0 Å². The summed E-state index contributed by atoms with van der Waals surface area (Å²) >= 11 is 0. The molecule has 8 rings (SSSR count). The Hall–Kier alpha value is -6.60. The number of fused-ring (bicyclic) bond motifs is 2. The Bertz CT molecular complexity index is 2300. The van der Waals surface area contributed by atoms with Gasteiger partial charge in [0, 0.05) is 42.7 Å². The molecule has 0 saturated carbocycles. The van der Waals surface area contributed by atoms with Gasteiger partial charge in [-0.25, -0.2) is 14.2 Å². The van der Waals surface area contributed by atoms with Crippen molar-refractivity contribution in [1.82, 2.24) is 35.3 Å². The van der Waals surface area contributed by atoms with Crippen molar-refractivity contribution in [3.63, 3.8) is 0 Å². The Morgan fingerprint density at radius 1 is 0.889 bits per heavy atom. The van der Waals surface area contributed by atoms with Crippen LogP contribution in [0.5, 0.6) is 5.75 Å². The molecule has 0 spiro atoms. The highest BCUT2D eigenvalue weighted by Gasteiger charge is 2.51. The van der Waals surface area contributed by atoms with E-state index in [2.05, 4.69) is 15.5 Å². The molecule has 12 nitrogen and oxygen atoms in total. The number of halogens is 1. The van der Waals surface area contributed by atoms with Crippen LogP contribution in [-0.2, 0) is 35.6 Å². The smallest absolute Gasteiger partial charge is 0.334 e. The van der Waals surface area contributed by atoms with E-state index >= 15 is 0 Å². The van der Waals surface area contributed by atoms with Crippen molar-refractivity contribution in [2.45, 2.75) is 38.3 Å². The molecule has 4 amide bonds. The first-order valence-electron chi connectivity index (χ1n) is 17.6. The van der Waals surface area contributed by atoms with Gasteiger partial charge in [0.1, 0.15) is 29.5 Å². The van der Waals surface area contributed by atoms with Crippen LogP contribution in [0.3, 0.4) is 0 Å². The third-order valence-corrected chi connectivity index (χ3v) is 9.82. The van der Waals surface area contributed by atoms with Crippen LogP contribution in [0.25, 0.3) is 22.2 Å². The van der Waals surface area contributed by atoms with E-state index in [1.165, 1.54) is 22.0 Å². The lowest BCUT2D eigenvalue weighted by molar-refractivity contribution is -0.193. The number of piperazine rings is 1.